The van der Waals surface area contributed by atoms with E-state index in [1.807, 2.05) is 0 Å². The molecule has 0 saturated heterocycles. The molecule has 1 aliphatic rings. The first-order valence-electron chi connectivity index (χ1n) is 5.87. The van der Waals surface area contributed by atoms with Gasteiger partial charge in [0.2, 0.25) is 0 Å². The highest BCUT2D eigenvalue weighted by molar-refractivity contribution is 5.90. The van der Waals surface area contributed by atoms with Gasteiger partial charge in [0.15, 0.2) is 0 Å². The van der Waals surface area contributed by atoms with Crippen LogP contribution in [0.25, 0.3) is 0 Å². The van der Waals surface area contributed by atoms with Gasteiger partial charge in [-0.3, -0.25) is 0 Å². The van der Waals surface area contributed by atoms with E-state index in [1.54, 1.807) is 23.2 Å². The number of aliphatic hydroxyl groups excluding tert-OH is 1. The van der Waals surface area contributed by atoms with E-state index in [2.05, 4.69) is 0 Å². The zero-order valence-corrected chi connectivity index (χ0v) is 10.5. The Morgan fingerprint density at radius 3 is 2.25 bits per heavy atom. The molecule has 0 radical (unpaired) electrons. The number of aliphatic carboxylic acids is 1. The van der Waals surface area contributed by atoms with Crippen molar-refractivity contribution in [3.8, 4) is 0 Å². The fourth-order valence-corrected chi connectivity index (χ4v) is 1.90. The summed E-state index contributed by atoms with van der Waals surface area (Å²) in [4.78, 5) is 23.3. The molecule has 0 spiro atoms. The minimum absolute atomic E-state index is 0.109. The van der Waals surface area contributed by atoms with Gasteiger partial charge in [-0.15, -0.1) is 0 Å². The number of aromatic carboxylic acids is 1. The van der Waals surface area contributed by atoms with Crippen LogP contribution in [0.4, 0.5) is 0 Å². The maximum Gasteiger partial charge on any atom is 0.339 e. The Morgan fingerprint density at radius 1 is 1.10 bits per heavy atom. The highest BCUT2D eigenvalue weighted by atomic mass is 16.4. The Hall–Kier alpha value is -2.76. The lowest BCUT2D eigenvalue weighted by molar-refractivity contribution is -0.132. The molecule has 2 rings (SSSR count). The molecule has 20 heavy (non-hydrogen) atoms. The molecule has 3 N–H and O–H groups in total. The number of hydrogen-bond donors (Lipinski definition) is 3. The van der Waals surface area contributed by atoms with Crippen LogP contribution in [0.2, 0.25) is 0 Å². The lowest BCUT2D eigenvalue weighted by atomic mass is 10.1. The standard InChI is InChI=1S/C14H13NO5/c16-12-8-15(6-5-11(12)14(19)20)7-9-1-3-10(4-2-9)13(17)18/h1-6,16H,7-8H2,(H,17,18)(H,19,20). The number of hydrogen-bond acceptors (Lipinski definition) is 4. The largest absolute Gasteiger partial charge is 0.510 e. The lowest BCUT2D eigenvalue weighted by Crippen LogP contribution is -2.24. The summed E-state index contributed by atoms with van der Waals surface area (Å²) in [7, 11) is 0. The number of rotatable bonds is 4. The monoisotopic (exact) mass is 275 g/mol. The molecule has 0 fully saturated rings. The minimum atomic E-state index is -1.16. The molecular formula is C14H13NO5. The third-order valence-electron chi connectivity index (χ3n) is 2.93. The highest BCUT2D eigenvalue weighted by Gasteiger charge is 2.17. The molecule has 1 heterocycles. The van der Waals surface area contributed by atoms with Crippen LogP contribution < -0.4 is 0 Å². The Morgan fingerprint density at radius 2 is 1.75 bits per heavy atom. The molecule has 0 aromatic heterocycles. The van der Waals surface area contributed by atoms with Crippen LogP contribution in [0.3, 0.4) is 0 Å². The van der Waals surface area contributed by atoms with Crippen LogP contribution in [0.1, 0.15) is 15.9 Å². The highest BCUT2D eigenvalue weighted by Crippen LogP contribution is 2.16. The van der Waals surface area contributed by atoms with Crippen LogP contribution in [0.5, 0.6) is 0 Å². The molecule has 1 aromatic carbocycles. The molecule has 0 amide bonds. The number of carbonyl (C=O) groups is 2. The van der Waals surface area contributed by atoms with Gasteiger partial charge in [-0.05, 0) is 23.8 Å². The first kappa shape index (κ1) is 13.7. The van der Waals surface area contributed by atoms with Crippen molar-refractivity contribution in [1.82, 2.24) is 4.90 Å². The predicted octanol–water partition coefficient (Wildman–Crippen LogP) is 1.61. The Labute approximate surface area is 114 Å². The smallest absolute Gasteiger partial charge is 0.339 e. The van der Waals surface area contributed by atoms with Crippen LogP contribution in [0, 0.1) is 0 Å². The molecule has 6 heteroatoms. The summed E-state index contributed by atoms with van der Waals surface area (Å²) < 4.78 is 0. The summed E-state index contributed by atoms with van der Waals surface area (Å²) in [5.74, 6) is -2.34. The SMILES string of the molecule is O=C(O)C1=C(O)CN(Cc2ccc(C(=O)O)cc2)C=C1. The molecule has 1 aromatic rings. The number of nitrogens with zero attached hydrogens (tertiary/aromatic N) is 1. The fourth-order valence-electron chi connectivity index (χ4n) is 1.90. The normalized spacial score (nSPS) is 14.5. The first-order valence-corrected chi connectivity index (χ1v) is 5.87. The van der Waals surface area contributed by atoms with Crippen molar-refractivity contribution in [2.24, 2.45) is 0 Å². The Bertz CT molecular complexity index is 600. The van der Waals surface area contributed by atoms with Crippen LogP contribution in [-0.4, -0.2) is 38.7 Å². The summed E-state index contributed by atoms with van der Waals surface area (Å²) in [6, 6.07) is 6.38. The van der Waals surface area contributed by atoms with Crippen molar-refractivity contribution < 1.29 is 24.9 Å². The van der Waals surface area contributed by atoms with E-state index in [1.165, 1.54) is 18.2 Å². The number of carboxylic acids is 2. The van der Waals surface area contributed by atoms with Crippen LogP contribution >= 0.6 is 0 Å². The average Bonchev–Trinajstić information content (AvgIpc) is 2.39. The van der Waals surface area contributed by atoms with Crippen molar-refractivity contribution in [1.29, 1.82) is 0 Å². The maximum atomic E-state index is 10.8. The molecule has 0 bridgehead atoms. The van der Waals surface area contributed by atoms with Crippen molar-refractivity contribution in [2.45, 2.75) is 6.54 Å². The zero-order chi connectivity index (χ0) is 14.7. The van der Waals surface area contributed by atoms with Crippen molar-refractivity contribution in [3.05, 3.63) is 59.0 Å². The van der Waals surface area contributed by atoms with E-state index in [0.717, 1.165) is 5.56 Å². The average molecular weight is 275 g/mol. The molecular weight excluding hydrogens is 262 g/mol. The molecule has 6 nitrogen and oxygen atoms in total. The van der Waals surface area contributed by atoms with E-state index in [-0.39, 0.29) is 23.4 Å². The molecule has 104 valence electrons. The Kier molecular flexibility index (Phi) is 3.74. The van der Waals surface area contributed by atoms with Crippen LogP contribution in [0.15, 0.2) is 47.9 Å². The second-order valence-electron chi connectivity index (χ2n) is 4.39. The van der Waals surface area contributed by atoms with Crippen molar-refractivity contribution in [3.63, 3.8) is 0 Å². The summed E-state index contributed by atoms with van der Waals surface area (Å²) in [5, 5.41) is 27.3. The molecule has 1 aliphatic heterocycles. The second-order valence-corrected chi connectivity index (χ2v) is 4.39. The quantitative estimate of drug-likeness (QED) is 0.772. The minimum Gasteiger partial charge on any atom is -0.510 e. The lowest BCUT2D eigenvalue weighted by Gasteiger charge is -2.23. The van der Waals surface area contributed by atoms with Gasteiger partial charge < -0.3 is 20.2 Å². The van der Waals surface area contributed by atoms with Gasteiger partial charge in [0.1, 0.15) is 11.3 Å². The zero-order valence-electron chi connectivity index (χ0n) is 10.5. The number of benzene rings is 1. The molecule has 0 atom stereocenters. The molecule has 0 aliphatic carbocycles. The van der Waals surface area contributed by atoms with Crippen molar-refractivity contribution in [2.75, 3.05) is 6.54 Å². The molecule has 0 unspecified atom stereocenters. The van der Waals surface area contributed by atoms with E-state index >= 15 is 0 Å². The third-order valence-corrected chi connectivity index (χ3v) is 2.93. The fraction of sp³-hybridized carbons (Fsp3) is 0.143. The van der Waals surface area contributed by atoms with Crippen LogP contribution in [-0.2, 0) is 11.3 Å². The summed E-state index contributed by atoms with van der Waals surface area (Å²) >= 11 is 0. The summed E-state index contributed by atoms with van der Waals surface area (Å²) in [6.07, 6.45) is 2.93. The predicted molar refractivity (Wildman–Crippen MR) is 70.2 cm³/mol. The first-order chi connectivity index (χ1) is 9.47. The maximum absolute atomic E-state index is 10.8. The van der Waals surface area contributed by atoms with Gasteiger partial charge >= 0.3 is 11.9 Å². The van der Waals surface area contributed by atoms with Gasteiger partial charge in [-0.1, -0.05) is 12.1 Å². The summed E-state index contributed by atoms with van der Waals surface area (Å²) in [6.45, 7) is 0.562. The van der Waals surface area contributed by atoms with E-state index in [9.17, 15) is 14.7 Å². The van der Waals surface area contributed by atoms with E-state index in [4.69, 9.17) is 10.2 Å². The Balaban J connectivity index is 2.04. The van der Waals surface area contributed by atoms with Crippen molar-refractivity contribution >= 4 is 11.9 Å². The van der Waals surface area contributed by atoms with Gasteiger partial charge in [-0.25, -0.2) is 9.59 Å². The third kappa shape index (κ3) is 2.97. The topological polar surface area (TPSA) is 98.1 Å². The van der Waals surface area contributed by atoms with E-state index in [0.29, 0.717) is 6.54 Å². The van der Waals surface area contributed by atoms with Gasteiger partial charge in [-0.2, -0.15) is 0 Å². The second kappa shape index (κ2) is 5.48. The van der Waals surface area contributed by atoms with Gasteiger partial charge in [0.25, 0.3) is 0 Å². The molecule has 0 saturated carbocycles. The number of carboxylic acid groups (broad SMARTS) is 2. The number of aliphatic hydroxyl groups is 1. The summed E-state index contributed by atoms with van der Waals surface area (Å²) in [5.41, 5.74) is 0.965. The van der Waals surface area contributed by atoms with E-state index < -0.39 is 11.9 Å². The van der Waals surface area contributed by atoms with Gasteiger partial charge in [0.05, 0.1) is 12.1 Å². The van der Waals surface area contributed by atoms with Gasteiger partial charge in [0, 0.05) is 12.7 Å².